The van der Waals surface area contributed by atoms with Gasteiger partial charge in [-0.3, -0.25) is 9.59 Å². The molecule has 0 aliphatic rings. The summed E-state index contributed by atoms with van der Waals surface area (Å²) in [7, 11) is 0. The SMILES string of the molecule is CC(=O)c1cccc(NC(=O)CC(c2ccccc2)c2ccccc2)c1. The van der Waals surface area contributed by atoms with Gasteiger partial charge < -0.3 is 5.32 Å². The monoisotopic (exact) mass is 343 g/mol. The second-order valence-electron chi connectivity index (χ2n) is 6.26. The lowest BCUT2D eigenvalue weighted by atomic mass is 9.88. The predicted octanol–water partition coefficient (Wildman–Crippen LogP) is 5.05. The van der Waals surface area contributed by atoms with Crippen LogP contribution >= 0.6 is 0 Å². The van der Waals surface area contributed by atoms with E-state index in [9.17, 15) is 9.59 Å². The van der Waals surface area contributed by atoms with E-state index in [-0.39, 0.29) is 17.6 Å². The Hall–Kier alpha value is -3.20. The van der Waals surface area contributed by atoms with Gasteiger partial charge in [-0.05, 0) is 30.2 Å². The Bertz CT molecular complexity index is 849. The lowest BCUT2D eigenvalue weighted by molar-refractivity contribution is -0.116. The van der Waals surface area contributed by atoms with Gasteiger partial charge in [0.2, 0.25) is 5.91 Å². The van der Waals surface area contributed by atoms with E-state index in [2.05, 4.69) is 5.32 Å². The fraction of sp³-hybridized carbons (Fsp3) is 0.130. The Morgan fingerprint density at radius 1 is 0.808 bits per heavy atom. The van der Waals surface area contributed by atoms with Gasteiger partial charge in [0, 0.05) is 23.6 Å². The average molecular weight is 343 g/mol. The van der Waals surface area contributed by atoms with Crippen molar-refractivity contribution in [3.05, 3.63) is 102 Å². The molecule has 0 aromatic heterocycles. The Labute approximate surface area is 153 Å². The first-order chi connectivity index (χ1) is 12.6. The van der Waals surface area contributed by atoms with Crippen LogP contribution in [0.3, 0.4) is 0 Å². The van der Waals surface area contributed by atoms with E-state index in [4.69, 9.17) is 0 Å². The van der Waals surface area contributed by atoms with Crippen molar-refractivity contribution in [1.82, 2.24) is 0 Å². The molecule has 0 heterocycles. The fourth-order valence-corrected chi connectivity index (χ4v) is 3.01. The maximum absolute atomic E-state index is 12.7. The maximum Gasteiger partial charge on any atom is 0.225 e. The standard InChI is InChI=1S/C23H21NO2/c1-17(25)20-13-8-14-21(15-20)24-23(26)16-22(18-9-4-2-5-10-18)19-11-6-3-7-12-19/h2-15,22H,16H2,1H3,(H,24,26). The Morgan fingerprint density at radius 3 is 1.92 bits per heavy atom. The minimum Gasteiger partial charge on any atom is -0.326 e. The van der Waals surface area contributed by atoms with Gasteiger partial charge in [-0.2, -0.15) is 0 Å². The highest BCUT2D eigenvalue weighted by Gasteiger charge is 2.18. The predicted molar refractivity (Wildman–Crippen MR) is 104 cm³/mol. The lowest BCUT2D eigenvalue weighted by Gasteiger charge is -2.18. The molecular weight excluding hydrogens is 322 g/mol. The van der Waals surface area contributed by atoms with Crippen molar-refractivity contribution in [2.24, 2.45) is 0 Å². The zero-order chi connectivity index (χ0) is 18.4. The van der Waals surface area contributed by atoms with Gasteiger partial charge in [0.25, 0.3) is 0 Å². The summed E-state index contributed by atoms with van der Waals surface area (Å²) in [6.45, 7) is 1.52. The molecule has 3 nitrogen and oxygen atoms in total. The van der Waals surface area contributed by atoms with E-state index in [1.54, 1.807) is 24.3 Å². The van der Waals surface area contributed by atoms with Crippen molar-refractivity contribution < 1.29 is 9.59 Å². The second kappa shape index (κ2) is 8.26. The molecule has 0 unspecified atom stereocenters. The number of benzene rings is 3. The summed E-state index contributed by atoms with van der Waals surface area (Å²) in [5.41, 5.74) is 3.44. The molecule has 1 N–H and O–H groups in total. The molecule has 0 bridgehead atoms. The summed E-state index contributed by atoms with van der Waals surface area (Å²) in [6.07, 6.45) is 0.332. The molecule has 0 aliphatic heterocycles. The zero-order valence-electron chi connectivity index (χ0n) is 14.7. The summed E-state index contributed by atoms with van der Waals surface area (Å²) < 4.78 is 0. The topological polar surface area (TPSA) is 46.2 Å². The molecular formula is C23H21NO2. The minimum absolute atomic E-state index is 0.0200. The summed E-state index contributed by atoms with van der Waals surface area (Å²) >= 11 is 0. The van der Waals surface area contributed by atoms with Crippen molar-refractivity contribution in [1.29, 1.82) is 0 Å². The average Bonchev–Trinajstić information content (AvgIpc) is 2.67. The van der Waals surface area contributed by atoms with Gasteiger partial charge in [-0.25, -0.2) is 0 Å². The number of carbonyl (C=O) groups is 2. The molecule has 0 saturated heterocycles. The van der Waals surface area contributed by atoms with Gasteiger partial charge in [0.1, 0.15) is 0 Å². The Kier molecular flexibility index (Phi) is 5.59. The van der Waals surface area contributed by atoms with Gasteiger partial charge in [0.05, 0.1) is 0 Å². The highest BCUT2D eigenvalue weighted by Crippen LogP contribution is 2.28. The maximum atomic E-state index is 12.7. The van der Waals surface area contributed by atoms with Crippen LogP contribution < -0.4 is 5.32 Å². The molecule has 3 aromatic carbocycles. The van der Waals surface area contributed by atoms with Crippen molar-refractivity contribution in [2.45, 2.75) is 19.3 Å². The van der Waals surface area contributed by atoms with Crippen LogP contribution in [0.15, 0.2) is 84.9 Å². The van der Waals surface area contributed by atoms with E-state index in [0.717, 1.165) is 11.1 Å². The molecule has 0 atom stereocenters. The van der Waals surface area contributed by atoms with Crippen LogP contribution in [0.5, 0.6) is 0 Å². The van der Waals surface area contributed by atoms with E-state index >= 15 is 0 Å². The van der Waals surface area contributed by atoms with Gasteiger partial charge in [-0.1, -0.05) is 72.8 Å². The second-order valence-corrected chi connectivity index (χ2v) is 6.26. The van der Waals surface area contributed by atoms with Crippen molar-refractivity contribution in [3.63, 3.8) is 0 Å². The molecule has 1 amide bonds. The summed E-state index contributed by atoms with van der Waals surface area (Å²) in [6, 6.07) is 27.1. The third-order valence-electron chi connectivity index (χ3n) is 4.35. The molecule has 0 saturated carbocycles. The first kappa shape index (κ1) is 17.6. The van der Waals surface area contributed by atoms with Crippen LogP contribution in [0.25, 0.3) is 0 Å². The normalized spacial score (nSPS) is 10.5. The number of rotatable bonds is 6. The number of hydrogen-bond acceptors (Lipinski definition) is 2. The first-order valence-corrected chi connectivity index (χ1v) is 8.64. The zero-order valence-corrected chi connectivity index (χ0v) is 14.7. The number of anilines is 1. The van der Waals surface area contributed by atoms with Gasteiger partial charge >= 0.3 is 0 Å². The van der Waals surface area contributed by atoms with Crippen LogP contribution in [0.2, 0.25) is 0 Å². The molecule has 0 fully saturated rings. The fourth-order valence-electron chi connectivity index (χ4n) is 3.01. The highest BCUT2D eigenvalue weighted by molar-refractivity contribution is 5.97. The van der Waals surface area contributed by atoms with Crippen molar-refractivity contribution >= 4 is 17.4 Å². The molecule has 0 spiro atoms. The van der Waals surface area contributed by atoms with Gasteiger partial charge in [0.15, 0.2) is 5.78 Å². The Morgan fingerprint density at radius 2 is 1.38 bits per heavy atom. The number of carbonyl (C=O) groups excluding carboxylic acids is 2. The molecule has 130 valence electrons. The molecule has 26 heavy (non-hydrogen) atoms. The summed E-state index contributed by atoms with van der Waals surface area (Å²) in [5, 5.41) is 2.92. The van der Waals surface area contributed by atoms with E-state index in [1.807, 2.05) is 60.7 Å². The molecule has 3 heteroatoms. The smallest absolute Gasteiger partial charge is 0.225 e. The number of Topliss-reactive ketones (excluding diaryl/α,β-unsaturated/α-hetero) is 1. The van der Waals surface area contributed by atoms with Crippen LogP contribution in [-0.4, -0.2) is 11.7 Å². The van der Waals surface area contributed by atoms with E-state index in [0.29, 0.717) is 17.7 Å². The number of nitrogens with one attached hydrogen (secondary N) is 1. The van der Waals surface area contributed by atoms with Crippen LogP contribution in [0.4, 0.5) is 5.69 Å². The number of ketones is 1. The molecule has 3 rings (SSSR count). The summed E-state index contributed by atoms with van der Waals surface area (Å²) in [5.74, 6) is -0.121. The van der Waals surface area contributed by atoms with E-state index in [1.165, 1.54) is 6.92 Å². The lowest BCUT2D eigenvalue weighted by Crippen LogP contribution is -2.16. The number of hydrogen-bond donors (Lipinski definition) is 1. The minimum atomic E-state index is -0.0802. The third kappa shape index (κ3) is 4.45. The highest BCUT2D eigenvalue weighted by atomic mass is 16.1. The van der Waals surface area contributed by atoms with Crippen molar-refractivity contribution in [2.75, 3.05) is 5.32 Å². The van der Waals surface area contributed by atoms with Crippen molar-refractivity contribution in [3.8, 4) is 0 Å². The molecule has 0 aliphatic carbocycles. The Balaban J connectivity index is 1.80. The van der Waals surface area contributed by atoms with Crippen LogP contribution in [0, 0.1) is 0 Å². The largest absolute Gasteiger partial charge is 0.326 e. The molecule has 0 radical (unpaired) electrons. The van der Waals surface area contributed by atoms with E-state index < -0.39 is 0 Å². The third-order valence-corrected chi connectivity index (χ3v) is 4.35. The molecule has 3 aromatic rings. The van der Waals surface area contributed by atoms with Crippen LogP contribution in [0.1, 0.15) is 40.7 Å². The first-order valence-electron chi connectivity index (χ1n) is 8.64. The van der Waals surface area contributed by atoms with Gasteiger partial charge in [-0.15, -0.1) is 0 Å². The summed E-state index contributed by atoms with van der Waals surface area (Å²) in [4.78, 5) is 24.2. The quantitative estimate of drug-likeness (QED) is 0.637. The number of amides is 1. The van der Waals surface area contributed by atoms with Crippen LogP contribution in [-0.2, 0) is 4.79 Å².